The van der Waals surface area contributed by atoms with Crippen molar-refractivity contribution in [2.75, 3.05) is 10.3 Å². The van der Waals surface area contributed by atoms with E-state index in [-0.39, 0.29) is 35.5 Å². The number of fused-ring (bicyclic) bond motifs is 1. The molecule has 2 aromatic rings. The summed E-state index contributed by atoms with van der Waals surface area (Å²) < 4.78 is 1.73. The van der Waals surface area contributed by atoms with Gasteiger partial charge in [0.25, 0.3) is 5.91 Å². The van der Waals surface area contributed by atoms with Crippen LogP contribution in [0.1, 0.15) is 35.1 Å². The van der Waals surface area contributed by atoms with Crippen LogP contribution in [-0.4, -0.2) is 22.4 Å². The zero-order valence-corrected chi connectivity index (χ0v) is 16.2. The van der Waals surface area contributed by atoms with Gasteiger partial charge in [-0.1, -0.05) is 19.1 Å². The molecule has 1 N–H and O–H groups in total. The minimum absolute atomic E-state index is 0.0540. The molecule has 6 nitrogen and oxygen atoms in total. The highest BCUT2D eigenvalue weighted by atomic mass is 16.2. The normalized spacial score (nSPS) is 23.8. The first-order chi connectivity index (χ1) is 13.4. The molecule has 28 heavy (non-hydrogen) atoms. The number of hydrogen-bond acceptors (Lipinski definition) is 3. The monoisotopic (exact) mass is 377 g/mol. The van der Waals surface area contributed by atoms with Crippen LogP contribution in [0, 0.1) is 31.6 Å². The van der Waals surface area contributed by atoms with Gasteiger partial charge < -0.3 is 0 Å². The smallest absolute Gasteiger partial charge is 0.270 e. The van der Waals surface area contributed by atoms with E-state index in [9.17, 15) is 14.4 Å². The molecule has 1 saturated heterocycles. The highest BCUT2D eigenvalue weighted by Crippen LogP contribution is 2.40. The number of carbonyl (C=O) groups is 3. The number of aryl methyl sites for hydroxylation is 2. The van der Waals surface area contributed by atoms with Crippen LogP contribution in [0.15, 0.2) is 48.6 Å². The summed E-state index contributed by atoms with van der Waals surface area (Å²) in [6.07, 6.45) is 4.60. The highest BCUT2D eigenvalue weighted by molar-refractivity contribution is 6.22. The lowest BCUT2D eigenvalue weighted by atomic mass is 9.78. The second-order valence-electron chi connectivity index (χ2n) is 7.61. The largest absolute Gasteiger partial charge is 0.274 e. The van der Waals surface area contributed by atoms with Crippen molar-refractivity contribution in [3.05, 3.63) is 65.5 Å². The minimum Gasteiger partial charge on any atom is -0.274 e. The number of nitrogens with zero attached hydrogens (tertiary/aromatic N) is 2. The molecule has 0 radical (unpaired) electrons. The van der Waals surface area contributed by atoms with Crippen LogP contribution in [0.5, 0.6) is 0 Å². The molecule has 4 rings (SSSR count). The predicted molar refractivity (Wildman–Crippen MR) is 106 cm³/mol. The summed E-state index contributed by atoms with van der Waals surface area (Å²) in [4.78, 5) is 39.5. The van der Waals surface area contributed by atoms with Crippen LogP contribution in [0.4, 0.5) is 5.69 Å². The van der Waals surface area contributed by atoms with Crippen LogP contribution >= 0.6 is 0 Å². The van der Waals surface area contributed by atoms with Crippen molar-refractivity contribution >= 4 is 23.4 Å². The van der Waals surface area contributed by atoms with E-state index in [1.54, 1.807) is 28.9 Å². The Morgan fingerprint density at radius 2 is 1.64 bits per heavy atom. The summed E-state index contributed by atoms with van der Waals surface area (Å²) in [7, 11) is 0. The number of nitrogens with one attached hydrogen (secondary N) is 1. The Kier molecular flexibility index (Phi) is 4.41. The Morgan fingerprint density at radius 1 is 1.00 bits per heavy atom. The molecular weight excluding hydrogens is 354 g/mol. The van der Waals surface area contributed by atoms with Gasteiger partial charge in [0.2, 0.25) is 11.8 Å². The summed E-state index contributed by atoms with van der Waals surface area (Å²) in [6.45, 7) is 5.80. The maximum absolute atomic E-state index is 12.9. The van der Waals surface area contributed by atoms with Gasteiger partial charge >= 0.3 is 0 Å². The van der Waals surface area contributed by atoms with Crippen LogP contribution < -0.4 is 10.3 Å². The number of carbonyl (C=O) groups excluding carboxylic acids is 3. The van der Waals surface area contributed by atoms with Gasteiger partial charge in [0, 0.05) is 17.0 Å². The van der Waals surface area contributed by atoms with Crippen LogP contribution in [0.2, 0.25) is 0 Å². The van der Waals surface area contributed by atoms with E-state index in [1.807, 2.05) is 45.1 Å². The molecule has 0 saturated carbocycles. The van der Waals surface area contributed by atoms with Gasteiger partial charge in [0.1, 0.15) is 0 Å². The second kappa shape index (κ2) is 6.78. The average Bonchev–Trinajstić information content (AvgIpc) is 3.13. The molecule has 3 atom stereocenters. The first-order valence-electron chi connectivity index (χ1n) is 9.49. The molecule has 2 aliphatic rings. The van der Waals surface area contributed by atoms with Gasteiger partial charge in [-0.25, -0.2) is 0 Å². The fourth-order valence-corrected chi connectivity index (χ4v) is 4.17. The molecule has 1 aliphatic carbocycles. The van der Waals surface area contributed by atoms with Crippen molar-refractivity contribution in [3.63, 3.8) is 0 Å². The Labute approximate surface area is 163 Å². The molecule has 3 amide bonds. The third kappa shape index (κ3) is 2.85. The molecule has 1 aromatic carbocycles. The Bertz CT molecular complexity index is 967. The van der Waals surface area contributed by atoms with E-state index in [4.69, 9.17) is 0 Å². The van der Waals surface area contributed by atoms with Crippen molar-refractivity contribution in [3.8, 4) is 0 Å². The van der Waals surface area contributed by atoms with E-state index in [0.29, 0.717) is 17.7 Å². The summed E-state index contributed by atoms with van der Waals surface area (Å²) >= 11 is 0. The Hall–Kier alpha value is -3.15. The number of allylic oxidation sites excluding steroid dienone is 2. The zero-order chi connectivity index (χ0) is 20.0. The number of aromatic nitrogens is 1. The van der Waals surface area contributed by atoms with Gasteiger partial charge in [-0.15, -0.1) is 0 Å². The van der Waals surface area contributed by atoms with Crippen molar-refractivity contribution < 1.29 is 14.4 Å². The lowest BCUT2D eigenvalue weighted by Gasteiger charge is -2.22. The number of benzene rings is 1. The highest BCUT2D eigenvalue weighted by Gasteiger charge is 2.50. The third-order valence-electron chi connectivity index (χ3n) is 5.74. The van der Waals surface area contributed by atoms with Gasteiger partial charge in [-0.2, -0.15) is 0 Å². The predicted octanol–water partition coefficient (Wildman–Crippen LogP) is 3.19. The molecule has 0 spiro atoms. The lowest BCUT2D eigenvalue weighted by Crippen LogP contribution is -2.31. The molecule has 144 valence electrons. The summed E-state index contributed by atoms with van der Waals surface area (Å²) in [5.41, 5.74) is 5.69. The number of imide groups is 1. The molecule has 2 heterocycles. The number of hydrogen-bond donors (Lipinski definition) is 1. The topological polar surface area (TPSA) is 71.4 Å². The number of amides is 3. The van der Waals surface area contributed by atoms with Crippen LogP contribution in [0.25, 0.3) is 0 Å². The van der Waals surface area contributed by atoms with Crippen molar-refractivity contribution in [1.82, 2.24) is 4.68 Å². The van der Waals surface area contributed by atoms with Gasteiger partial charge in [0.05, 0.1) is 17.5 Å². The molecule has 0 bridgehead atoms. The average molecular weight is 377 g/mol. The van der Waals surface area contributed by atoms with Crippen molar-refractivity contribution in [1.29, 1.82) is 0 Å². The molecule has 1 aromatic heterocycles. The number of anilines is 1. The van der Waals surface area contributed by atoms with E-state index in [1.165, 1.54) is 4.90 Å². The molecule has 1 fully saturated rings. The minimum atomic E-state index is -0.292. The van der Waals surface area contributed by atoms with E-state index >= 15 is 0 Å². The molecule has 0 unspecified atom stereocenters. The second-order valence-corrected chi connectivity index (χ2v) is 7.61. The maximum Gasteiger partial charge on any atom is 0.270 e. The summed E-state index contributed by atoms with van der Waals surface area (Å²) in [5, 5.41) is 0. The SMILES string of the molecule is Cc1ccc(C)n1NC(=O)c1ccc(N2C(=O)[C@H]3[C@H](C)C=CC[C@H]3C2=O)cc1. The fourth-order valence-electron chi connectivity index (χ4n) is 4.17. The van der Waals surface area contributed by atoms with Gasteiger partial charge in [0.15, 0.2) is 0 Å². The third-order valence-corrected chi connectivity index (χ3v) is 5.74. The van der Waals surface area contributed by atoms with Crippen molar-refractivity contribution in [2.24, 2.45) is 17.8 Å². The van der Waals surface area contributed by atoms with Gasteiger partial charge in [-0.3, -0.25) is 29.4 Å². The fraction of sp³-hybridized carbons (Fsp3) is 0.318. The maximum atomic E-state index is 12.9. The molecular formula is C22H23N3O3. The summed E-state index contributed by atoms with van der Waals surface area (Å²) in [6, 6.07) is 10.5. The van der Waals surface area contributed by atoms with E-state index < -0.39 is 0 Å². The lowest BCUT2D eigenvalue weighted by molar-refractivity contribution is -0.122. The Balaban J connectivity index is 1.54. The Morgan fingerprint density at radius 3 is 2.25 bits per heavy atom. The van der Waals surface area contributed by atoms with Crippen LogP contribution in [-0.2, 0) is 9.59 Å². The quantitative estimate of drug-likeness (QED) is 0.660. The van der Waals surface area contributed by atoms with E-state index in [2.05, 4.69) is 5.43 Å². The van der Waals surface area contributed by atoms with Gasteiger partial charge in [-0.05, 0) is 62.6 Å². The van der Waals surface area contributed by atoms with Crippen molar-refractivity contribution in [2.45, 2.75) is 27.2 Å². The van der Waals surface area contributed by atoms with Crippen LogP contribution in [0.3, 0.4) is 0 Å². The molecule has 6 heteroatoms. The molecule has 1 aliphatic heterocycles. The summed E-state index contributed by atoms with van der Waals surface area (Å²) in [5.74, 6) is -1.07. The first-order valence-corrected chi connectivity index (χ1v) is 9.49. The number of rotatable bonds is 3. The zero-order valence-electron chi connectivity index (χ0n) is 16.2. The standard InChI is InChI=1S/C22H23N3O3/c1-13-5-4-6-18-19(13)22(28)24(21(18)27)17-11-9-16(10-12-17)20(26)23-25-14(2)7-8-15(25)3/h4-5,7-13,18-19H,6H2,1-3H3,(H,23,26)/t13-,18-,19+/m1/s1. The van der Waals surface area contributed by atoms with E-state index in [0.717, 1.165) is 11.4 Å². The first kappa shape index (κ1) is 18.2.